The number of halogens is 1. The molecule has 3 N–H and O–H groups in total. The molecular weight excluding hydrogens is 498 g/mol. The largest absolute Gasteiger partial charge is 0.373 e. The molecule has 0 spiro atoms. The van der Waals surface area contributed by atoms with Crippen molar-refractivity contribution in [3.05, 3.63) is 63.9 Å². The lowest BCUT2D eigenvalue weighted by Gasteiger charge is -2.38. The average Bonchev–Trinajstić information content (AvgIpc) is 3.47. The average molecular weight is 530 g/mol. The first-order chi connectivity index (χ1) is 18.4. The van der Waals surface area contributed by atoms with Crippen LogP contribution in [0, 0.1) is 18.8 Å². The first-order valence-electron chi connectivity index (χ1n) is 13.1. The second kappa shape index (κ2) is 11.4. The molecule has 0 bridgehead atoms. The number of pyridine rings is 1. The fraction of sp³-hybridized carbons (Fsp3) is 0.379. The number of carbonyl (C=O) groups is 1. The molecule has 0 atom stereocenters. The fourth-order valence-electron chi connectivity index (χ4n) is 5.27. The normalized spacial score (nSPS) is 16.2. The summed E-state index contributed by atoms with van der Waals surface area (Å²) in [6.07, 6.45) is 6.90. The van der Waals surface area contributed by atoms with E-state index in [-0.39, 0.29) is 11.9 Å². The molecule has 1 aromatic carbocycles. The highest BCUT2D eigenvalue weighted by Gasteiger charge is 2.29. The monoisotopic (exact) mass is 529 g/mol. The van der Waals surface area contributed by atoms with Gasteiger partial charge in [-0.25, -0.2) is 15.0 Å². The zero-order valence-corrected chi connectivity index (χ0v) is 22.6. The van der Waals surface area contributed by atoms with E-state index in [1.54, 1.807) is 18.3 Å². The smallest absolute Gasteiger partial charge is 0.255 e. The molecule has 1 amide bonds. The third kappa shape index (κ3) is 5.59. The SMILES string of the molecule is CNc1ccc(C#Cc2c(C)nc(N)nc2-c2ccc(C(=O)N3CCN(C4CCCC4)CC3)c(Cl)c2)cn1. The Hall–Kier alpha value is -3.67. The van der Waals surface area contributed by atoms with Crippen molar-refractivity contribution in [3.8, 4) is 23.1 Å². The van der Waals surface area contributed by atoms with E-state index in [1.807, 2.05) is 37.1 Å². The maximum absolute atomic E-state index is 13.3. The molecule has 3 aromatic rings. The van der Waals surface area contributed by atoms with Gasteiger partial charge in [-0.05, 0) is 44.0 Å². The number of nitrogens with two attached hydrogens (primary N) is 1. The van der Waals surface area contributed by atoms with Crippen LogP contribution in [-0.2, 0) is 0 Å². The van der Waals surface area contributed by atoms with E-state index in [1.165, 1.54) is 25.7 Å². The number of nitrogens with zero attached hydrogens (tertiary/aromatic N) is 5. The second-order valence-corrected chi connectivity index (χ2v) is 10.2. The van der Waals surface area contributed by atoms with Gasteiger partial charge >= 0.3 is 0 Å². The summed E-state index contributed by atoms with van der Waals surface area (Å²) < 4.78 is 0. The highest BCUT2D eigenvalue weighted by Crippen LogP contribution is 2.30. The molecule has 2 fully saturated rings. The summed E-state index contributed by atoms with van der Waals surface area (Å²) in [5.41, 5.74) is 9.86. The quantitative estimate of drug-likeness (QED) is 0.488. The van der Waals surface area contributed by atoms with Gasteiger partial charge in [-0.3, -0.25) is 9.69 Å². The van der Waals surface area contributed by atoms with E-state index in [0.29, 0.717) is 33.6 Å². The van der Waals surface area contributed by atoms with Gasteiger partial charge in [-0.15, -0.1) is 0 Å². The number of amides is 1. The fourth-order valence-corrected chi connectivity index (χ4v) is 5.53. The van der Waals surface area contributed by atoms with Crippen LogP contribution in [0.15, 0.2) is 36.5 Å². The zero-order chi connectivity index (χ0) is 26.6. The van der Waals surface area contributed by atoms with E-state index >= 15 is 0 Å². The molecule has 38 heavy (non-hydrogen) atoms. The predicted molar refractivity (Wildman–Crippen MR) is 151 cm³/mol. The lowest BCUT2D eigenvalue weighted by Crippen LogP contribution is -2.51. The Bertz CT molecular complexity index is 1380. The third-order valence-corrected chi connectivity index (χ3v) is 7.69. The first kappa shape index (κ1) is 26.0. The molecule has 9 heteroatoms. The summed E-state index contributed by atoms with van der Waals surface area (Å²) in [5, 5.41) is 3.37. The Morgan fingerprint density at radius 2 is 1.84 bits per heavy atom. The number of rotatable bonds is 4. The van der Waals surface area contributed by atoms with Crippen LogP contribution in [-0.4, -0.2) is 69.9 Å². The first-order valence-corrected chi connectivity index (χ1v) is 13.4. The van der Waals surface area contributed by atoms with E-state index in [2.05, 4.69) is 37.0 Å². The van der Waals surface area contributed by atoms with Crippen LogP contribution < -0.4 is 11.1 Å². The second-order valence-electron chi connectivity index (χ2n) is 9.78. The molecule has 0 radical (unpaired) electrons. The molecule has 1 saturated heterocycles. The van der Waals surface area contributed by atoms with Gasteiger partial charge in [0, 0.05) is 56.6 Å². The molecule has 1 aliphatic heterocycles. The van der Waals surface area contributed by atoms with Crippen LogP contribution in [0.4, 0.5) is 11.8 Å². The van der Waals surface area contributed by atoms with Gasteiger partial charge in [-0.1, -0.05) is 42.3 Å². The highest BCUT2D eigenvalue weighted by molar-refractivity contribution is 6.34. The van der Waals surface area contributed by atoms with Crippen LogP contribution in [0.3, 0.4) is 0 Å². The summed E-state index contributed by atoms with van der Waals surface area (Å²) in [6.45, 7) is 5.12. The minimum absolute atomic E-state index is 0.0384. The summed E-state index contributed by atoms with van der Waals surface area (Å²) in [4.78, 5) is 30.9. The van der Waals surface area contributed by atoms with Crippen LogP contribution in [0.25, 0.3) is 11.3 Å². The number of piperazine rings is 1. The van der Waals surface area contributed by atoms with Crippen molar-refractivity contribution in [2.75, 3.05) is 44.3 Å². The molecule has 3 heterocycles. The van der Waals surface area contributed by atoms with E-state index < -0.39 is 0 Å². The van der Waals surface area contributed by atoms with E-state index in [0.717, 1.165) is 43.1 Å². The summed E-state index contributed by atoms with van der Waals surface area (Å²) in [7, 11) is 1.82. The van der Waals surface area contributed by atoms with Crippen molar-refractivity contribution in [2.24, 2.45) is 0 Å². The number of hydrogen-bond donors (Lipinski definition) is 2. The Morgan fingerprint density at radius 1 is 1.08 bits per heavy atom. The van der Waals surface area contributed by atoms with Gasteiger partial charge in [-0.2, -0.15) is 0 Å². The van der Waals surface area contributed by atoms with Crippen LogP contribution in [0.2, 0.25) is 5.02 Å². The van der Waals surface area contributed by atoms with E-state index in [4.69, 9.17) is 17.3 Å². The van der Waals surface area contributed by atoms with Crippen LogP contribution in [0.1, 0.15) is 52.9 Å². The summed E-state index contributed by atoms with van der Waals surface area (Å²) in [5.74, 6) is 7.20. The van der Waals surface area contributed by atoms with Crippen LogP contribution in [0.5, 0.6) is 0 Å². The minimum atomic E-state index is -0.0384. The van der Waals surface area contributed by atoms with Crippen molar-refractivity contribution < 1.29 is 4.79 Å². The number of hydrogen-bond acceptors (Lipinski definition) is 7. The Labute approximate surface area is 228 Å². The summed E-state index contributed by atoms with van der Waals surface area (Å²) >= 11 is 6.68. The Kier molecular flexibility index (Phi) is 7.77. The van der Waals surface area contributed by atoms with Gasteiger partial charge in [0.2, 0.25) is 5.95 Å². The molecule has 0 unspecified atom stereocenters. The highest BCUT2D eigenvalue weighted by atomic mass is 35.5. The van der Waals surface area contributed by atoms with Gasteiger partial charge in [0.05, 0.1) is 27.5 Å². The lowest BCUT2D eigenvalue weighted by atomic mass is 10.0. The standard InChI is InChI=1S/C29H32ClN7O/c1-19-23(10-7-20-8-12-26(32-2)33-18-20)27(35-29(31)34-19)21-9-11-24(25(30)17-21)28(38)37-15-13-36(14-16-37)22-5-3-4-6-22/h8-9,11-12,17-18,22H,3-6,13-16H2,1-2H3,(H,32,33)(H2,31,34,35). The molecule has 1 saturated carbocycles. The summed E-state index contributed by atoms with van der Waals surface area (Å²) in [6, 6.07) is 9.82. The van der Waals surface area contributed by atoms with Crippen molar-refractivity contribution in [1.29, 1.82) is 0 Å². The molecule has 8 nitrogen and oxygen atoms in total. The van der Waals surface area contributed by atoms with Gasteiger partial charge in [0.15, 0.2) is 0 Å². The number of carbonyl (C=O) groups excluding carboxylic acids is 1. The topological polar surface area (TPSA) is 100 Å². The van der Waals surface area contributed by atoms with Gasteiger partial charge in [0.1, 0.15) is 5.82 Å². The number of aromatic nitrogens is 3. The predicted octanol–water partition coefficient (Wildman–Crippen LogP) is 4.22. The number of benzene rings is 1. The third-order valence-electron chi connectivity index (χ3n) is 7.37. The number of aryl methyl sites for hydroxylation is 1. The number of nitrogen functional groups attached to an aromatic ring is 1. The molecule has 1 aliphatic carbocycles. The van der Waals surface area contributed by atoms with Crippen molar-refractivity contribution in [1.82, 2.24) is 24.8 Å². The number of nitrogens with one attached hydrogen (secondary N) is 1. The van der Waals surface area contributed by atoms with E-state index in [9.17, 15) is 4.79 Å². The molecular formula is C29H32ClN7O. The van der Waals surface area contributed by atoms with Crippen molar-refractivity contribution in [2.45, 2.75) is 38.6 Å². The maximum Gasteiger partial charge on any atom is 0.255 e. The molecule has 2 aromatic heterocycles. The lowest BCUT2D eigenvalue weighted by molar-refractivity contribution is 0.0573. The minimum Gasteiger partial charge on any atom is -0.373 e. The number of anilines is 2. The van der Waals surface area contributed by atoms with Crippen molar-refractivity contribution >= 4 is 29.3 Å². The zero-order valence-electron chi connectivity index (χ0n) is 21.8. The molecule has 5 rings (SSSR count). The molecule has 2 aliphatic rings. The van der Waals surface area contributed by atoms with Gasteiger partial charge in [0.25, 0.3) is 5.91 Å². The Balaban J connectivity index is 1.37. The van der Waals surface area contributed by atoms with Crippen LogP contribution >= 0.6 is 11.6 Å². The Morgan fingerprint density at radius 3 is 2.50 bits per heavy atom. The molecule has 196 valence electrons. The maximum atomic E-state index is 13.3. The van der Waals surface area contributed by atoms with Gasteiger partial charge < -0.3 is 16.0 Å². The van der Waals surface area contributed by atoms with Crippen molar-refractivity contribution in [3.63, 3.8) is 0 Å².